The molecule has 238 valence electrons. The number of aliphatic hydroxyl groups excluding tert-OH is 1. The van der Waals surface area contributed by atoms with Crippen LogP contribution in [0.1, 0.15) is 56.4 Å². The highest BCUT2D eigenvalue weighted by atomic mass is 16.5. The van der Waals surface area contributed by atoms with Gasteiger partial charge in [0, 0.05) is 60.4 Å². The quantitative estimate of drug-likeness (QED) is 0.317. The summed E-state index contributed by atoms with van der Waals surface area (Å²) in [5.41, 5.74) is 4.46. The van der Waals surface area contributed by atoms with Gasteiger partial charge < -0.3 is 19.6 Å². The lowest BCUT2D eigenvalue weighted by molar-refractivity contribution is 0.00426. The van der Waals surface area contributed by atoms with E-state index in [4.69, 9.17) is 14.7 Å². The van der Waals surface area contributed by atoms with E-state index in [9.17, 15) is 10.4 Å². The van der Waals surface area contributed by atoms with Gasteiger partial charge in [-0.15, -0.1) is 0 Å². The Morgan fingerprint density at radius 1 is 1.16 bits per heavy atom. The molecule has 3 aliphatic rings. The average Bonchev–Trinajstić information content (AvgIpc) is 3.02. The molecule has 3 heterocycles. The molecule has 2 fully saturated rings. The molecule has 1 saturated carbocycles. The van der Waals surface area contributed by atoms with Gasteiger partial charge in [-0.05, 0) is 70.2 Å². The number of hydrogen-bond acceptors (Lipinski definition) is 9. The number of anilines is 2. The first-order chi connectivity index (χ1) is 21.7. The van der Waals surface area contributed by atoms with Crippen LogP contribution in [0.15, 0.2) is 49.1 Å². The summed E-state index contributed by atoms with van der Waals surface area (Å²) in [6, 6.07) is 16.2. The molecule has 2 atom stereocenters. The molecule has 2 aromatic carbocycles. The Bertz CT molecular complexity index is 1570. The maximum Gasteiger partial charge on any atom is 0.318 e. The van der Waals surface area contributed by atoms with Crippen molar-refractivity contribution in [3.8, 4) is 12.1 Å². The summed E-state index contributed by atoms with van der Waals surface area (Å²) in [5, 5.41) is 22.7. The van der Waals surface area contributed by atoms with Gasteiger partial charge in [0.2, 0.25) is 0 Å². The van der Waals surface area contributed by atoms with Crippen LogP contribution in [0.4, 0.5) is 11.5 Å². The van der Waals surface area contributed by atoms with Crippen molar-refractivity contribution in [2.75, 3.05) is 49.6 Å². The Balaban J connectivity index is 1.33. The van der Waals surface area contributed by atoms with Crippen molar-refractivity contribution in [1.29, 1.82) is 5.26 Å². The van der Waals surface area contributed by atoms with E-state index in [0.29, 0.717) is 51.3 Å². The number of ether oxygens (including phenoxy) is 1. The lowest BCUT2D eigenvalue weighted by Crippen LogP contribution is -2.56. The number of aryl methyl sites for hydroxylation is 1. The van der Waals surface area contributed by atoms with E-state index < -0.39 is 6.23 Å². The van der Waals surface area contributed by atoms with Crippen LogP contribution in [0.3, 0.4) is 0 Å². The molecular weight excluding hydrogens is 562 g/mol. The molecule has 1 N–H and O–H groups in total. The van der Waals surface area contributed by atoms with Crippen molar-refractivity contribution in [3.05, 3.63) is 65.9 Å². The Labute approximate surface area is 267 Å². The summed E-state index contributed by atoms with van der Waals surface area (Å²) in [5.74, 6) is 0.893. The van der Waals surface area contributed by atoms with E-state index in [1.54, 1.807) is 0 Å². The van der Waals surface area contributed by atoms with Crippen molar-refractivity contribution >= 4 is 22.3 Å². The van der Waals surface area contributed by atoms with Gasteiger partial charge in [0.15, 0.2) is 0 Å². The maximum atomic E-state index is 10.6. The minimum absolute atomic E-state index is 0.138. The smallest absolute Gasteiger partial charge is 0.318 e. The molecule has 9 heteroatoms. The van der Waals surface area contributed by atoms with Crippen LogP contribution in [-0.2, 0) is 13.0 Å². The second-order valence-corrected chi connectivity index (χ2v) is 13.5. The Morgan fingerprint density at radius 2 is 1.93 bits per heavy atom. The zero-order valence-corrected chi connectivity index (χ0v) is 27.2. The van der Waals surface area contributed by atoms with Gasteiger partial charge in [0.1, 0.15) is 18.7 Å². The number of rotatable bonds is 10. The van der Waals surface area contributed by atoms with E-state index in [-0.39, 0.29) is 11.6 Å². The summed E-state index contributed by atoms with van der Waals surface area (Å²) in [6.45, 7) is 14.3. The van der Waals surface area contributed by atoms with Gasteiger partial charge in [-0.2, -0.15) is 15.2 Å². The van der Waals surface area contributed by atoms with Gasteiger partial charge in [0.05, 0.1) is 24.7 Å². The van der Waals surface area contributed by atoms with E-state index in [1.165, 1.54) is 47.4 Å². The number of piperazine rings is 1. The lowest BCUT2D eigenvalue weighted by Gasteiger charge is -2.45. The van der Waals surface area contributed by atoms with Crippen LogP contribution in [0, 0.1) is 18.3 Å². The fourth-order valence-electron chi connectivity index (χ4n) is 7.13. The summed E-state index contributed by atoms with van der Waals surface area (Å²) in [7, 11) is 2.20. The normalized spacial score (nSPS) is 20.1. The number of nitriles is 1. The summed E-state index contributed by atoms with van der Waals surface area (Å²) < 4.78 is 6.46. The first-order valence-corrected chi connectivity index (χ1v) is 16.4. The van der Waals surface area contributed by atoms with Crippen molar-refractivity contribution in [2.45, 2.75) is 83.3 Å². The second kappa shape index (κ2) is 13.0. The van der Waals surface area contributed by atoms with Gasteiger partial charge in [-0.1, -0.05) is 43.3 Å². The fourth-order valence-corrected chi connectivity index (χ4v) is 7.13. The summed E-state index contributed by atoms with van der Waals surface area (Å²) in [4.78, 5) is 19.2. The van der Waals surface area contributed by atoms with Gasteiger partial charge in [-0.3, -0.25) is 9.80 Å². The highest BCUT2D eigenvalue weighted by Gasteiger charge is 2.36. The fraction of sp³-hybridized carbons (Fsp3) is 0.528. The zero-order chi connectivity index (χ0) is 31.7. The molecule has 0 radical (unpaired) electrons. The minimum Gasteiger partial charge on any atom is -0.461 e. The molecule has 3 aromatic rings. The number of nitrogens with zero attached hydrogens (tertiary/aromatic N) is 7. The van der Waals surface area contributed by atoms with Gasteiger partial charge >= 0.3 is 6.01 Å². The number of aliphatic hydroxyl groups is 1. The predicted octanol–water partition coefficient (Wildman–Crippen LogP) is 5.05. The highest BCUT2D eigenvalue weighted by Crippen LogP contribution is 2.36. The minimum atomic E-state index is -0.781. The summed E-state index contributed by atoms with van der Waals surface area (Å²) >= 11 is 0. The molecule has 0 bridgehead atoms. The van der Waals surface area contributed by atoms with Crippen molar-refractivity contribution < 1.29 is 9.84 Å². The molecule has 1 aromatic heterocycles. The van der Waals surface area contributed by atoms with E-state index in [1.807, 2.05) is 4.90 Å². The standard InChI is InChI=1S/C36H47N7O2/c1-6-32(44)43-21-20-42(22-28(43)16-18-37)34-29-17-19-41(31-15-8-12-26-11-7-10-25(2)33(26)31)23-30(29)38-35(39-34)45-24-36(3,4)40(5)27-13-9-14-27/h6-8,10-12,15,27-28,32,44H,1,9,13-14,16-17,19-24H2,2-5H3/t28-,32?/m1/s1. The monoisotopic (exact) mass is 609 g/mol. The van der Waals surface area contributed by atoms with E-state index in [0.717, 1.165) is 30.0 Å². The van der Waals surface area contributed by atoms with Crippen molar-refractivity contribution in [3.63, 3.8) is 0 Å². The topological polar surface area (TPSA) is 92.0 Å². The van der Waals surface area contributed by atoms with Crippen LogP contribution >= 0.6 is 0 Å². The van der Waals surface area contributed by atoms with Crippen LogP contribution in [0.2, 0.25) is 0 Å². The molecule has 9 nitrogen and oxygen atoms in total. The number of benzene rings is 2. The van der Waals surface area contributed by atoms with Gasteiger partial charge in [0.25, 0.3) is 0 Å². The third-order valence-corrected chi connectivity index (χ3v) is 10.3. The Kier molecular flexibility index (Phi) is 9.00. The molecule has 1 saturated heterocycles. The van der Waals surface area contributed by atoms with Crippen molar-refractivity contribution in [2.24, 2.45) is 0 Å². The number of fused-ring (bicyclic) bond motifs is 2. The van der Waals surface area contributed by atoms with E-state index in [2.05, 4.69) is 91.6 Å². The maximum absolute atomic E-state index is 10.6. The number of aromatic nitrogens is 2. The number of hydrogen-bond donors (Lipinski definition) is 1. The summed E-state index contributed by atoms with van der Waals surface area (Å²) in [6.07, 6.45) is 5.63. The lowest BCUT2D eigenvalue weighted by atomic mass is 9.88. The average molecular weight is 610 g/mol. The Morgan fingerprint density at radius 3 is 2.64 bits per heavy atom. The predicted molar refractivity (Wildman–Crippen MR) is 180 cm³/mol. The van der Waals surface area contributed by atoms with Crippen LogP contribution < -0.4 is 14.5 Å². The molecule has 0 amide bonds. The molecular formula is C36H47N7O2. The number of likely N-dealkylation sites (N-methyl/N-ethyl adjacent to an activating group) is 1. The third-order valence-electron chi connectivity index (χ3n) is 10.3. The first-order valence-electron chi connectivity index (χ1n) is 16.4. The first kappa shape index (κ1) is 31.3. The molecule has 1 aliphatic carbocycles. The van der Waals surface area contributed by atoms with Crippen LogP contribution in [0.25, 0.3) is 10.8 Å². The van der Waals surface area contributed by atoms with Crippen molar-refractivity contribution in [1.82, 2.24) is 19.8 Å². The van der Waals surface area contributed by atoms with Gasteiger partial charge in [-0.25, -0.2) is 0 Å². The zero-order valence-electron chi connectivity index (χ0n) is 27.2. The molecule has 6 rings (SSSR count). The SMILES string of the molecule is C=CC(O)N1CCN(c2nc(OCC(C)(C)N(C)C3CCC3)nc3c2CCN(c2cccc4cccc(C)c24)C3)C[C@H]1CC#N. The molecule has 45 heavy (non-hydrogen) atoms. The molecule has 2 aliphatic heterocycles. The van der Waals surface area contributed by atoms with Crippen LogP contribution in [-0.4, -0.2) is 88.6 Å². The Hall–Kier alpha value is -3.71. The third kappa shape index (κ3) is 6.24. The molecule has 1 unspecified atom stereocenters. The largest absolute Gasteiger partial charge is 0.461 e. The van der Waals surface area contributed by atoms with Crippen LogP contribution in [0.5, 0.6) is 6.01 Å². The molecule has 0 spiro atoms. The highest BCUT2D eigenvalue weighted by molar-refractivity contribution is 5.97. The second-order valence-electron chi connectivity index (χ2n) is 13.5. The van der Waals surface area contributed by atoms with E-state index >= 15 is 0 Å².